The maximum Gasteiger partial charge on any atom is 0.357 e. The van der Waals surface area contributed by atoms with Crippen molar-refractivity contribution >= 4 is 22.8 Å². The molecule has 1 aromatic heterocycles. The predicted molar refractivity (Wildman–Crippen MR) is 99.9 cm³/mol. The number of benzene rings is 2. The van der Waals surface area contributed by atoms with E-state index in [1.54, 1.807) is 12.1 Å². The van der Waals surface area contributed by atoms with Crippen molar-refractivity contribution in [2.75, 3.05) is 13.2 Å². The molecule has 1 unspecified atom stereocenters. The Morgan fingerprint density at radius 3 is 2.54 bits per heavy atom. The largest absolute Gasteiger partial charge is 0.451 e. The van der Waals surface area contributed by atoms with Crippen LogP contribution in [0.5, 0.6) is 0 Å². The van der Waals surface area contributed by atoms with Gasteiger partial charge in [0.1, 0.15) is 5.69 Å². The molecule has 0 aliphatic carbocycles. The summed E-state index contributed by atoms with van der Waals surface area (Å²) in [4.78, 5) is 28.3. The number of nitrogens with one attached hydrogen (secondary N) is 1. The van der Waals surface area contributed by atoms with Gasteiger partial charge in [-0.15, -0.1) is 0 Å². The van der Waals surface area contributed by atoms with Gasteiger partial charge in [-0.3, -0.25) is 4.79 Å². The van der Waals surface area contributed by atoms with Crippen LogP contribution in [0.1, 0.15) is 28.9 Å². The van der Waals surface area contributed by atoms with Gasteiger partial charge in [-0.2, -0.15) is 0 Å². The number of esters is 1. The van der Waals surface area contributed by atoms with Gasteiger partial charge in [0.2, 0.25) is 0 Å². The lowest BCUT2D eigenvalue weighted by molar-refractivity contribution is -0.124. The Morgan fingerprint density at radius 1 is 1.00 bits per heavy atom. The van der Waals surface area contributed by atoms with E-state index in [0.717, 1.165) is 10.9 Å². The van der Waals surface area contributed by atoms with Crippen molar-refractivity contribution in [2.45, 2.75) is 12.8 Å². The molecule has 0 saturated heterocycles. The maximum absolute atomic E-state index is 12.1. The van der Waals surface area contributed by atoms with E-state index in [1.165, 1.54) is 0 Å². The van der Waals surface area contributed by atoms with Crippen molar-refractivity contribution < 1.29 is 14.3 Å². The third-order valence-corrected chi connectivity index (χ3v) is 4.12. The molecule has 3 rings (SSSR count). The molecule has 0 aliphatic heterocycles. The summed E-state index contributed by atoms with van der Waals surface area (Å²) in [5.41, 5.74) is 2.04. The number of hydrogen-bond donors (Lipinski definition) is 1. The van der Waals surface area contributed by atoms with E-state index in [9.17, 15) is 9.59 Å². The van der Waals surface area contributed by atoms with Gasteiger partial charge in [0.25, 0.3) is 5.91 Å². The maximum atomic E-state index is 12.1. The minimum atomic E-state index is -0.609. The van der Waals surface area contributed by atoms with E-state index >= 15 is 0 Å². The van der Waals surface area contributed by atoms with Crippen molar-refractivity contribution in [3.63, 3.8) is 0 Å². The van der Waals surface area contributed by atoms with Crippen molar-refractivity contribution in [2.24, 2.45) is 0 Å². The second kappa shape index (κ2) is 8.25. The molecule has 1 N–H and O–H groups in total. The predicted octanol–water partition coefficient (Wildman–Crippen LogP) is 3.31. The standard InChI is InChI=1S/C21H20N2O3/c1-15(16-7-3-2-4-8-16)13-22-20(24)14-26-21(25)19-12-11-17-9-5-6-10-18(17)23-19/h2-12,15H,13-14H2,1H3,(H,22,24). The number of carbonyl (C=O) groups is 2. The zero-order valence-corrected chi connectivity index (χ0v) is 14.5. The molecule has 5 heteroatoms. The zero-order chi connectivity index (χ0) is 18.4. The molecule has 1 atom stereocenters. The van der Waals surface area contributed by atoms with Crippen LogP contribution in [0.2, 0.25) is 0 Å². The lowest BCUT2D eigenvalue weighted by Crippen LogP contribution is -2.31. The molecular weight excluding hydrogens is 328 g/mol. The molecule has 0 fully saturated rings. The van der Waals surface area contributed by atoms with Crippen molar-refractivity contribution in [1.82, 2.24) is 10.3 Å². The molecular formula is C21H20N2O3. The Bertz CT molecular complexity index is 909. The fourth-order valence-electron chi connectivity index (χ4n) is 2.60. The Hall–Kier alpha value is -3.21. The highest BCUT2D eigenvalue weighted by molar-refractivity contribution is 5.92. The summed E-state index contributed by atoms with van der Waals surface area (Å²) in [6.45, 7) is 2.18. The summed E-state index contributed by atoms with van der Waals surface area (Å²) >= 11 is 0. The van der Waals surface area contributed by atoms with Crippen LogP contribution >= 0.6 is 0 Å². The Kier molecular flexibility index (Phi) is 5.59. The molecule has 0 saturated carbocycles. The average Bonchev–Trinajstić information content (AvgIpc) is 2.70. The Labute approximate surface area is 152 Å². The van der Waals surface area contributed by atoms with Crippen LogP contribution in [0.15, 0.2) is 66.7 Å². The van der Waals surface area contributed by atoms with E-state index in [0.29, 0.717) is 12.1 Å². The number of para-hydroxylation sites is 1. The highest BCUT2D eigenvalue weighted by Gasteiger charge is 2.13. The molecule has 0 spiro atoms. The van der Waals surface area contributed by atoms with Gasteiger partial charge in [-0.05, 0) is 23.6 Å². The minimum absolute atomic E-state index is 0.179. The van der Waals surface area contributed by atoms with Crippen molar-refractivity contribution in [3.8, 4) is 0 Å². The quantitative estimate of drug-likeness (QED) is 0.694. The van der Waals surface area contributed by atoms with E-state index in [-0.39, 0.29) is 24.1 Å². The van der Waals surface area contributed by atoms with E-state index in [1.807, 2.05) is 61.5 Å². The molecule has 2 aromatic carbocycles. The van der Waals surface area contributed by atoms with Crippen LogP contribution in [0.4, 0.5) is 0 Å². The minimum Gasteiger partial charge on any atom is -0.451 e. The van der Waals surface area contributed by atoms with Crippen LogP contribution in [0, 0.1) is 0 Å². The molecule has 5 nitrogen and oxygen atoms in total. The van der Waals surface area contributed by atoms with Gasteiger partial charge < -0.3 is 10.1 Å². The summed E-state index contributed by atoms with van der Waals surface area (Å²) in [6, 6.07) is 20.8. The Balaban J connectivity index is 1.49. The van der Waals surface area contributed by atoms with Gasteiger partial charge in [0, 0.05) is 11.9 Å². The third-order valence-electron chi connectivity index (χ3n) is 4.12. The number of fused-ring (bicyclic) bond motifs is 1. The molecule has 0 bridgehead atoms. The van der Waals surface area contributed by atoms with Gasteiger partial charge in [-0.1, -0.05) is 61.5 Å². The summed E-state index contributed by atoms with van der Waals surface area (Å²) < 4.78 is 5.06. The summed E-state index contributed by atoms with van der Waals surface area (Å²) in [7, 11) is 0. The van der Waals surface area contributed by atoms with Gasteiger partial charge in [0.15, 0.2) is 6.61 Å². The SMILES string of the molecule is CC(CNC(=O)COC(=O)c1ccc2ccccc2n1)c1ccccc1. The van der Waals surface area contributed by atoms with Gasteiger partial charge in [0.05, 0.1) is 5.52 Å². The van der Waals surface area contributed by atoms with E-state index < -0.39 is 5.97 Å². The van der Waals surface area contributed by atoms with Crippen molar-refractivity contribution in [1.29, 1.82) is 0 Å². The average molecular weight is 348 g/mol. The molecule has 0 aliphatic rings. The Morgan fingerprint density at radius 2 is 1.73 bits per heavy atom. The highest BCUT2D eigenvalue weighted by atomic mass is 16.5. The number of rotatable bonds is 6. The molecule has 3 aromatic rings. The monoisotopic (exact) mass is 348 g/mol. The van der Waals surface area contributed by atoms with E-state index in [4.69, 9.17) is 4.74 Å². The lowest BCUT2D eigenvalue weighted by Gasteiger charge is -2.13. The smallest absolute Gasteiger partial charge is 0.357 e. The number of nitrogens with zero attached hydrogens (tertiary/aromatic N) is 1. The van der Waals surface area contributed by atoms with Crippen LogP contribution in [-0.2, 0) is 9.53 Å². The van der Waals surface area contributed by atoms with Gasteiger partial charge >= 0.3 is 5.97 Å². The first-order valence-electron chi connectivity index (χ1n) is 8.48. The van der Waals surface area contributed by atoms with Crippen LogP contribution in [0.25, 0.3) is 10.9 Å². The molecule has 26 heavy (non-hydrogen) atoms. The van der Waals surface area contributed by atoms with Crippen LogP contribution in [-0.4, -0.2) is 30.0 Å². The lowest BCUT2D eigenvalue weighted by atomic mass is 10.0. The molecule has 1 amide bonds. The first-order chi connectivity index (χ1) is 12.6. The summed E-state index contributed by atoms with van der Waals surface area (Å²) in [5, 5.41) is 3.72. The van der Waals surface area contributed by atoms with Gasteiger partial charge in [-0.25, -0.2) is 9.78 Å². The molecule has 132 valence electrons. The number of hydrogen-bond acceptors (Lipinski definition) is 4. The second-order valence-electron chi connectivity index (χ2n) is 6.08. The first kappa shape index (κ1) is 17.6. The summed E-state index contributed by atoms with van der Waals surface area (Å²) in [5.74, 6) is -0.762. The number of carbonyl (C=O) groups excluding carboxylic acids is 2. The molecule has 1 heterocycles. The van der Waals surface area contributed by atoms with Crippen LogP contribution in [0.3, 0.4) is 0 Å². The third kappa shape index (κ3) is 4.45. The van der Waals surface area contributed by atoms with Crippen LogP contribution < -0.4 is 5.32 Å². The van der Waals surface area contributed by atoms with E-state index in [2.05, 4.69) is 10.3 Å². The number of aromatic nitrogens is 1. The molecule has 0 radical (unpaired) electrons. The topological polar surface area (TPSA) is 68.3 Å². The highest BCUT2D eigenvalue weighted by Crippen LogP contribution is 2.13. The normalized spacial score (nSPS) is 11.7. The number of amides is 1. The first-order valence-corrected chi connectivity index (χ1v) is 8.48. The number of ether oxygens (including phenoxy) is 1. The summed E-state index contributed by atoms with van der Waals surface area (Å²) in [6.07, 6.45) is 0. The fourth-order valence-corrected chi connectivity index (χ4v) is 2.60. The second-order valence-corrected chi connectivity index (χ2v) is 6.08. The van der Waals surface area contributed by atoms with Crippen molar-refractivity contribution in [3.05, 3.63) is 78.0 Å². The zero-order valence-electron chi connectivity index (χ0n) is 14.5. The number of pyridine rings is 1. The fraction of sp³-hybridized carbons (Fsp3) is 0.190.